The number of amides is 2. The van der Waals surface area contributed by atoms with Gasteiger partial charge in [-0.25, -0.2) is 4.90 Å². The van der Waals surface area contributed by atoms with Crippen molar-refractivity contribution < 1.29 is 38.4 Å². The third kappa shape index (κ3) is 8.25. The van der Waals surface area contributed by atoms with Crippen molar-refractivity contribution >= 4 is 11.8 Å². The Morgan fingerprint density at radius 3 is 1.50 bits per heavy atom. The molecule has 0 spiro atoms. The zero-order valence-corrected chi connectivity index (χ0v) is 26.9. The Morgan fingerprint density at radius 1 is 0.646 bits per heavy atom. The van der Waals surface area contributed by atoms with Crippen LogP contribution in [0.5, 0.6) is 0 Å². The molecule has 48 heavy (non-hydrogen) atoms. The first kappa shape index (κ1) is 33.7. The third-order valence-electron chi connectivity index (χ3n) is 8.56. The van der Waals surface area contributed by atoms with E-state index >= 15 is 0 Å². The Kier molecular flexibility index (Phi) is 11.1. The average Bonchev–Trinajstić information content (AvgIpc) is 3.32. The standard InChI is InChI=1S/C39H41NO8/c1-39(43)22-33(41)40(38(39)42)37-36(47-26-31-20-12-5-13-21-31)35(46-25-30-18-10-4-11-19-30)34(45-24-29-16-8-3-9-17-29)32(48-37)27-44-23-28-14-6-2-7-15-28/h2-21,32,34-37,43H,22-27H2,1H3/t32-,34-,35+,36-,37?,39+/m1/s1. The number of nitrogens with zero attached hydrogens (tertiary/aromatic N) is 1. The van der Waals surface area contributed by atoms with Crippen LogP contribution >= 0.6 is 0 Å². The van der Waals surface area contributed by atoms with Gasteiger partial charge < -0.3 is 28.8 Å². The molecule has 1 N–H and O–H groups in total. The maximum atomic E-state index is 13.6. The summed E-state index contributed by atoms with van der Waals surface area (Å²) >= 11 is 0. The summed E-state index contributed by atoms with van der Waals surface area (Å²) in [6, 6.07) is 38.8. The van der Waals surface area contributed by atoms with Gasteiger partial charge in [0.2, 0.25) is 5.91 Å². The number of carbonyl (C=O) groups is 2. The molecule has 4 aromatic rings. The van der Waals surface area contributed by atoms with Crippen molar-refractivity contribution in [2.45, 2.75) is 76.0 Å². The number of hydrogen-bond acceptors (Lipinski definition) is 8. The molecule has 6 atom stereocenters. The summed E-state index contributed by atoms with van der Waals surface area (Å²) in [7, 11) is 0. The van der Waals surface area contributed by atoms with Crippen LogP contribution in [-0.4, -0.2) is 64.7 Å². The summed E-state index contributed by atoms with van der Waals surface area (Å²) in [5, 5.41) is 10.9. The summed E-state index contributed by atoms with van der Waals surface area (Å²) in [5.74, 6) is -1.31. The van der Waals surface area contributed by atoms with Crippen LogP contribution in [0.25, 0.3) is 0 Å². The second-order valence-corrected chi connectivity index (χ2v) is 12.4. The number of imide groups is 1. The fraction of sp³-hybridized carbons (Fsp3) is 0.333. The minimum atomic E-state index is -1.87. The summed E-state index contributed by atoms with van der Waals surface area (Å²) in [5.41, 5.74) is 1.88. The van der Waals surface area contributed by atoms with Gasteiger partial charge in [-0.3, -0.25) is 9.59 Å². The fourth-order valence-electron chi connectivity index (χ4n) is 6.06. The van der Waals surface area contributed by atoms with Gasteiger partial charge in [0, 0.05) is 0 Å². The molecule has 2 saturated heterocycles. The average molecular weight is 652 g/mol. The van der Waals surface area contributed by atoms with Gasteiger partial charge >= 0.3 is 0 Å². The molecule has 6 rings (SSSR count). The summed E-state index contributed by atoms with van der Waals surface area (Å²) in [6.07, 6.45) is -4.86. The van der Waals surface area contributed by atoms with Crippen molar-refractivity contribution in [1.29, 1.82) is 0 Å². The number of benzene rings is 4. The van der Waals surface area contributed by atoms with Crippen LogP contribution in [0.15, 0.2) is 121 Å². The molecule has 0 bridgehead atoms. The number of hydrogen-bond donors (Lipinski definition) is 1. The van der Waals surface area contributed by atoms with E-state index in [0.717, 1.165) is 27.2 Å². The van der Waals surface area contributed by atoms with Gasteiger partial charge in [0.05, 0.1) is 39.5 Å². The highest BCUT2D eigenvalue weighted by molar-refractivity contribution is 6.07. The molecule has 2 aliphatic heterocycles. The maximum absolute atomic E-state index is 13.6. The molecule has 2 amide bonds. The summed E-state index contributed by atoms with van der Waals surface area (Å²) < 4.78 is 32.7. The van der Waals surface area contributed by atoms with E-state index in [9.17, 15) is 14.7 Å². The zero-order chi connectivity index (χ0) is 33.3. The normalized spacial score (nSPS) is 25.8. The maximum Gasteiger partial charge on any atom is 0.263 e. The van der Waals surface area contributed by atoms with E-state index in [4.69, 9.17) is 23.7 Å². The van der Waals surface area contributed by atoms with Gasteiger partial charge in [0.15, 0.2) is 6.23 Å². The van der Waals surface area contributed by atoms with E-state index < -0.39 is 48.1 Å². The smallest absolute Gasteiger partial charge is 0.263 e. The first-order valence-electron chi connectivity index (χ1n) is 16.2. The lowest BCUT2D eigenvalue weighted by molar-refractivity contribution is -0.293. The van der Waals surface area contributed by atoms with Crippen LogP contribution in [0.1, 0.15) is 35.6 Å². The van der Waals surface area contributed by atoms with E-state index in [0.29, 0.717) is 6.61 Å². The Balaban J connectivity index is 1.36. The SMILES string of the molecule is C[C@]1(O)CC(=O)N(C2O[C@H](COCc3ccccc3)[C@@H](OCc3ccccc3)[C@H](OCc3ccccc3)[C@H]2OCc2ccccc2)C1=O. The zero-order valence-electron chi connectivity index (χ0n) is 26.9. The molecule has 4 aromatic carbocycles. The molecule has 2 aliphatic rings. The van der Waals surface area contributed by atoms with Gasteiger partial charge in [-0.05, 0) is 29.2 Å². The fourth-order valence-corrected chi connectivity index (χ4v) is 6.06. The highest BCUT2D eigenvalue weighted by Gasteiger charge is 2.57. The molecule has 9 heteroatoms. The Labute approximate surface area is 281 Å². The first-order valence-corrected chi connectivity index (χ1v) is 16.2. The third-order valence-corrected chi connectivity index (χ3v) is 8.56. The molecule has 0 radical (unpaired) electrons. The molecule has 250 valence electrons. The van der Waals surface area contributed by atoms with Crippen LogP contribution in [0.3, 0.4) is 0 Å². The molecular formula is C39H41NO8. The molecule has 0 saturated carbocycles. The van der Waals surface area contributed by atoms with Gasteiger partial charge in [-0.2, -0.15) is 0 Å². The van der Waals surface area contributed by atoms with E-state index in [1.165, 1.54) is 6.92 Å². The molecule has 2 heterocycles. The van der Waals surface area contributed by atoms with Gasteiger partial charge in [-0.1, -0.05) is 121 Å². The summed E-state index contributed by atoms with van der Waals surface area (Å²) in [6.45, 7) is 2.35. The van der Waals surface area contributed by atoms with Crippen LogP contribution in [0.4, 0.5) is 0 Å². The topological polar surface area (TPSA) is 104 Å². The number of rotatable bonds is 14. The molecule has 2 fully saturated rings. The molecule has 1 unspecified atom stereocenters. The lowest BCUT2D eigenvalue weighted by atomic mass is 9.96. The number of aliphatic hydroxyl groups is 1. The Hall–Kier alpha value is -4.22. The predicted octanol–water partition coefficient (Wildman–Crippen LogP) is 5.19. The molecule has 0 aromatic heterocycles. The van der Waals surface area contributed by atoms with Crippen molar-refractivity contribution in [1.82, 2.24) is 4.90 Å². The minimum absolute atomic E-state index is 0.0774. The van der Waals surface area contributed by atoms with Crippen molar-refractivity contribution in [2.75, 3.05) is 6.61 Å². The van der Waals surface area contributed by atoms with Crippen molar-refractivity contribution in [3.05, 3.63) is 144 Å². The van der Waals surface area contributed by atoms with E-state index in [1.54, 1.807) is 0 Å². The molecular weight excluding hydrogens is 610 g/mol. The number of carbonyl (C=O) groups excluding carboxylic acids is 2. The largest absolute Gasteiger partial charge is 0.380 e. The highest BCUT2D eigenvalue weighted by Crippen LogP contribution is 2.36. The Morgan fingerprint density at radius 2 is 1.06 bits per heavy atom. The van der Waals surface area contributed by atoms with E-state index in [2.05, 4.69) is 0 Å². The lowest BCUT2D eigenvalue weighted by Gasteiger charge is -2.48. The van der Waals surface area contributed by atoms with Crippen LogP contribution in [0, 0.1) is 0 Å². The minimum Gasteiger partial charge on any atom is -0.380 e. The number of likely N-dealkylation sites (tertiary alicyclic amines) is 1. The van der Waals surface area contributed by atoms with Gasteiger partial charge in [0.1, 0.15) is 30.0 Å². The van der Waals surface area contributed by atoms with Crippen LogP contribution < -0.4 is 0 Å². The lowest BCUT2D eigenvalue weighted by Crippen LogP contribution is -2.66. The predicted molar refractivity (Wildman–Crippen MR) is 177 cm³/mol. The second kappa shape index (κ2) is 15.8. The number of ether oxygens (including phenoxy) is 5. The van der Waals surface area contributed by atoms with E-state index in [-0.39, 0.29) is 32.8 Å². The quantitative estimate of drug-likeness (QED) is 0.186. The van der Waals surface area contributed by atoms with Crippen molar-refractivity contribution in [3.63, 3.8) is 0 Å². The Bertz CT molecular complexity index is 1600. The monoisotopic (exact) mass is 651 g/mol. The van der Waals surface area contributed by atoms with Gasteiger partial charge in [-0.15, -0.1) is 0 Å². The highest BCUT2D eigenvalue weighted by atomic mass is 16.6. The van der Waals surface area contributed by atoms with E-state index in [1.807, 2.05) is 121 Å². The van der Waals surface area contributed by atoms with Crippen LogP contribution in [0.2, 0.25) is 0 Å². The van der Waals surface area contributed by atoms with Crippen molar-refractivity contribution in [3.8, 4) is 0 Å². The molecule has 0 aliphatic carbocycles. The van der Waals surface area contributed by atoms with Gasteiger partial charge in [0.25, 0.3) is 5.91 Å². The summed E-state index contributed by atoms with van der Waals surface area (Å²) in [4.78, 5) is 28.0. The van der Waals surface area contributed by atoms with Crippen LogP contribution in [-0.2, 0) is 59.7 Å². The van der Waals surface area contributed by atoms with Crippen molar-refractivity contribution in [2.24, 2.45) is 0 Å². The molecule has 9 nitrogen and oxygen atoms in total. The second-order valence-electron chi connectivity index (χ2n) is 12.4. The first-order chi connectivity index (χ1) is 23.4.